The number of hydrogen-bond donors (Lipinski definition) is 0. The van der Waals surface area contributed by atoms with Gasteiger partial charge in [0.15, 0.2) is 0 Å². The van der Waals surface area contributed by atoms with Crippen molar-refractivity contribution in [1.82, 2.24) is 4.57 Å². The molecule has 0 aliphatic rings. The van der Waals surface area contributed by atoms with Crippen LogP contribution >= 0.6 is 11.3 Å². The molecule has 0 aliphatic heterocycles. The summed E-state index contributed by atoms with van der Waals surface area (Å²) in [6, 6.07) is 77.6. The van der Waals surface area contributed by atoms with Crippen LogP contribution in [0.15, 0.2) is 212 Å². The van der Waals surface area contributed by atoms with E-state index in [1.165, 1.54) is 103 Å². The van der Waals surface area contributed by atoms with Crippen molar-refractivity contribution in [3.8, 4) is 61.3 Å². The summed E-state index contributed by atoms with van der Waals surface area (Å²) in [6.45, 7) is 0. The molecule has 11 rings (SSSR count). The summed E-state index contributed by atoms with van der Waals surface area (Å²) in [5.74, 6) is 0. The monoisotopic (exact) mass is 729 g/mol. The van der Waals surface area contributed by atoms with E-state index >= 15 is 0 Å². The molecule has 0 amide bonds. The van der Waals surface area contributed by atoms with Crippen molar-refractivity contribution in [3.63, 3.8) is 0 Å². The predicted molar refractivity (Wildman–Crippen MR) is 241 cm³/mol. The summed E-state index contributed by atoms with van der Waals surface area (Å²) >= 11 is 1.89. The maximum absolute atomic E-state index is 2.49. The van der Waals surface area contributed by atoms with Gasteiger partial charge in [-0.05, 0) is 80.9 Å². The summed E-state index contributed by atoms with van der Waals surface area (Å²) in [5.41, 5.74) is 15.8. The van der Waals surface area contributed by atoms with Crippen LogP contribution in [0.3, 0.4) is 0 Å². The Kier molecular flexibility index (Phi) is 7.75. The Morgan fingerprint density at radius 3 is 1.32 bits per heavy atom. The van der Waals surface area contributed by atoms with Crippen molar-refractivity contribution < 1.29 is 0 Å². The van der Waals surface area contributed by atoms with Crippen molar-refractivity contribution >= 4 is 53.3 Å². The highest BCUT2D eigenvalue weighted by Crippen LogP contribution is 2.45. The highest BCUT2D eigenvalue weighted by atomic mass is 32.1. The van der Waals surface area contributed by atoms with Gasteiger partial charge in [-0.15, -0.1) is 11.3 Å². The van der Waals surface area contributed by atoms with Crippen LogP contribution in [0.25, 0.3) is 103 Å². The normalized spacial score (nSPS) is 11.6. The summed E-state index contributed by atoms with van der Waals surface area (Å²) < 4.78 is 5.13. The first kappa shape index (κ1) is 32.4. The minimum Gasteiger partial charge on any atom is -0.309 e. The van der Waals surface area contributed by atoms with E-state index in [9.17, 15) is 0 Å². The van der Waals surface area contributed by atoms with E-state index in [4.69, 9.17) is 0 Å². The molecular formula is C54H35NS. The van der Waals surface area contributed by atoms with Crippen molar-refractivity contribution in [2.45, 2.75) is 0 Å². The van der Waals surface area contributed by atoms with E-state index in [0.717, 1.165) is 0 Å². The van der Waals surface area contributed by atoms with Gasteiger partial charge in [0.25, 0.3) is 0 Å². The maximum atomic E-state index is 2.49. The summed E-state index contributed by atoms with van der Waals surface area (Å²) in [5, 5.41) is 5.09. The van der Waals surface area contributed by atoms with Gasteiger partial charge in [-0.25, -0.2) is 0 Å². The molecule has 0 aliphatic carbocycles. The number of rotatable bonds is 6. The number of para-hydroxylation sites is 1. The van der Waals surface area contributed by atoms with Gasteiger partial charge in [0.2, 0.25) is 0 Å². The number of hydrogen-bond acceptors (Lipinski definition) is 1. The van der Waals surface area contributed by atoms with Crippen LogP contribution in [0.4, 0.5) is 0 Å². The zero-order chi connectivity index (χ0) is 37.0. The number of aromatic nitrogens is 1. The fraction of sp³-hybridized carbons (Fsp3) is 0. The fourth-order valence-corrected chi connectivity index (χ4v) is 9.91. The van der Waals surface area contributed by atoms with E-state index in [1.54, 1.807) is 0 Å². The molecule has 2 heterocycles. The minimum absolute atomic E-state index is 1.17. The van der Waals surface area contributed by atoms with E-state index in [-0.39, 0.29) is 0 Å². The van der Waals surface area contributed by atoms with E-state index in [2.05, 4.69) is 217 Å². The van der Waals surface area contributed by atoms with Gasteiger partial charge in [-0.2, -0.15) is 0 Å². The molecule has 56 heavy (non-hydrogen) atoms. The van der Waals surface area contributed by atoms with Crippen molar-refractivity contribution in [1.29, 1.82) is 0 Å². The minimum atomic E-state index is 1.17. The van der Waals surface area contributed by atoms with Gasteiger partial charge in [0, 0.05) is 42.1 Å². The van der Waals surface area contributed by atoms with Gasteiger partial charge in [0.05, 0.1) is 16.7 Å². The molecule has 0 unspecified atom stereocenters. The molecule has 2 heteroatoms. The van der Waals surface area contributed by atoms with Crippen LogP contribution in [0.1, 0.15) is 0 Å². The van der Waals surface area contributed by atoms with Crippen molar-refractivity contribution in [2.75, 3.05) is 0 Å². The molecule has 0 saturated carbocycles. The van der Waals surface area contributed by atoms with E-state index in [0.29, 0.717) is 0 Å². The van der Waals surface area contributed by atoms with Gasteiger partial charge in [0.1, 0.15) is 0 Å². The molecule has 0 fully saturated rings. The number of thiophene rings is 1. The molecule has 2 aromatic heterocycles. The highest BCUT2D eigenvalue weighted by Gasteiger charge is 2.20. The second-order valence-corrected chi connectivity index (χ2v) is 15.5. The zero-order valence-electron chi connectivity index (χ0n) is 30.6. The van der Waals surface area contributed by atoms with Crippen LogP contribution in [0.5, 0.6) is 0 Å². The topological polar surface area (TPSA) is 4.93 Å². The first-order valence-corrected chi connectivity index (χ1v) is 20.0. The molecule has 0 radical (unpaired) electrons. The first-order valence-electron chi connectivity index (χ1n) is 19.2. The Morgan fingerprint density at radius 2 is 0.732 bits per heavy atom. The molecule has 262 valence electrons. The van der Waals surface area contributed by atoms with E-state index in [1.807, 2.05) is 11.3 Å². The van der Waals surface area contributed by atoms with Crippen LogP contribution in [0, 0.1) is 0 Å². The highest BCUT2D eigenvalue weighted by molar-refractivity contribution is 7.26. The third-order valence-corrected chi connectivity index (χ3v) is 12.5. The molecule has 0 spiro atoms. The smallest absolute Gasteiger partial charge is 0.0541 e. The second kappa shape index (κ2) is 13.4. The molecule has 11 aromatic rings. The summed E-state index contributed by atoms with van der Waals surface area (Å²) in [7, 11) is 0. The Labute approximate surface area is 330 Å². The van der Waals surface area contributed by atoms with Crippen LogP contribution < -0.4 is 0 Å². The van der Waals surface area contributed by atoms with E-state index < -0.39 is 0 Å². The third-order valence-electron chi connectivity index (χ3n) is 11.3. The quantitative estimate of drug-likeness (QED) is 0.161. The SMILES string of the molecule is c1ccc(-c2ccccc2-c2ccc3c(c2)c2cc(-c4ccccc4-c4ccccc4)ccc2n3-c2ccccc2-c2cccc3c2sc2ccccc23)cc1. The average Bonchev–Trinajstić information content (AvgIpc) is 3.82. The van der Waals surface area contributed by atoms with Gasteiger partial charge < -0.3 is 4.57 Å². The first-order chi connectivity index (χ1) is 27.8. The molecule has 9 aromatic carbocycles. The second-order valence-electron chi connectivity index (χ2n) is 14.4. The summed E-state index contributed by atoms with van der Waals surface area (Å²) in [4.78, 5) is 0. The molecular weight excluding hydrogens is 695 g/mol. The lowest BCUT2D eigenvalue weighted by Gasteiger charge is -2.15. The Bertz CT molecular complexity index is 3100. The molecule has 0 bridgehead atoms. The standard InChI is InChI=1S/C54H35NS/c1-3-16-36(17-4-1)40-20-7-9-22-42(40)38-30-32-51-48(34-38)49-35-39(43-23-10-8-21-41(43)37-18-5-2-6-19-37)31-33-52(49)55(51)50-28-13-11-24-44(50)46-26-15-27-47-45-25-12-14-29-53(45)56-54(46)47/h1-35H. The summed E-state index contributed by atoms with van der Waals surface area (Å²) in [6.07, 6.45) is 0. The largest absolute Gasteiger partial charge is 0.309 e. The molecule has 0 atom stereocenters. The van der Waals surface area contributed by atoms with Gasteiger partial charge in [-0.1, -0.05) is 176 Å². The zero-order valence-corrected chi connectivity index (χ0v) is 31.4. The molecule has 1 nitrogen and oxygen atoms in total. The lowest BCUT2D eigenvalue weighted by molar-refractivity contribution is 1.18. The lowest BCUT2D eigenvalue weighted by atomic mass is 9.92. The van der Waals surface area contributed by atoms with Crippen molar-refractivity contribution in [2.24, 2.45) is 0 Å². The Morgan fingerprint density at radius 1 is 0.286 bits per heavy atom. The van der Waals surface area contributed by atoms with Crippen LogP contribution in [-0.2, 0) is 0 Å². The molecule has 0 saturated heterocycles. The average molecular weight is 730 g/mol. The van der Waals surface area contributed by atoms with Crippen LogP contribution in [0.2, 0.25) is 0 Å². The Balaban J connectivity index is 1.18. The van der Waals surface area contributed by atoms with Gasteiger partial charge >= 0.3 is 0 Å². The predicted octanol–water partition coefficient (Wildman–Crippen LogP) is 15.5. The van der Waals surface area contributed by atoms with Gasteiger partial charge in [-0.3, -0.25) is 0 Å². The molecule has 0 N–H and O–H groups in total. The number of nitrogens with zero attached hydrogens (tertiary/aromatic N) is 1. The maximum Gasteiger partial charge on any atom is 0.0541 e. The number of fused-ring (bicyclic) bond motifs is 6. The fourth-order valence-electron chi connectivity index (χ4n) is 8.68. The van der Waals surface area contributed by atoms with Crippen LogP contribution in [-0.4, -0.2) is 4.57 Å². The number of benzene rings is 9. The third kappa shape index (κ3) is 5.30. The lowest BCUT2D eigenvalue weighted by Crippen LogP contribution is -1.97. The van der Waals surface area contributed by atoms with Crippen molar-refractivity contribution in [3.05, 3.63) is 212 Å². The Hall–Kier alpha value is -7.00.